The SMILES string of the molecule is CC.Cc1ccc(-c2ccc(Cl)cc2)cc1. The first-order valence-corrected chi connectivity index (χ1v) is 5.96. The van der Waals surface area contributed by atoms with Crippen molar-refractivity contribution in [2.45, 2.75) is 20.8 Å². The molecule has 84 valence electrons. The van der Waals surface area contributed by atoms with Gasteiger partial charge in [-0.05, 0) is 30.2 Å². The van der Waals surface area contributed by atoms with Gasteiger partial charge in [0.05, 0.1) is 0 Å². The van der Waals surface area contributed by atoms with Gasteiger partial charge in [-0.25, -0.2) is 0 Å². The molecule has 0 heterocycles. The van der Waals surface area contributed by atoms with Crippen molar-refractivity contribution in [1.29, 1.82) is 0 Å². The third-order valence-electron chi connectivity index (χ3n) is 2.23. The largest absolute Gasteiger partial charge is 0.0843 e. The average Bonchev–Trinajstić information content (AvgIpc) is 2.34. The van der Waals surface area contributed by atoms with Gasteiger partial charge in [0.25, 0.3) is 0 Å². The van der Waals surface area contributed by atoms with E-state index in [2.05, 4.69) is 31.2 Å². The molecule has 0 N–H and O–H groups in total. The molecular weight excluding hydrogens is 216 g/mol. The van der Waals surface area contributed by atoms with Crippen LogP contribution >= 0.6 is 11.6 Å². The Hall–Kier alpha value is -1.27. The third kappa shape index (κ3) is 3.39. The van der Waals surface area contributed by atoms with E-state index in [0.717, 1.165) is 5.02 Å². The first kappa shape index (κ1) is 12.8. The molecule has 0 spiro atoms. The molecule has 0 amide bonds. The van der Waals surface area contributed by atoms with Gasteiger partial charge in [0, 0.05) is 5.02 Å². The zero-order valence-electron chi connectivity index (χ0n) is 10.00. The van der Waals surface area contributed by atoms with Crippen LogP contribution in [0.5, 0.6) is 0 Å². The number of aryl methyl sites for hydroxylation is 1. The second-order valence-corrected chi connectivity index (χ2v) is 3.81. The topological polar surface area (TPSA) is 0 Å². The Kier molecular flexibility index (Phi) is 5.07. The normalized spacial score (nSPS) is 9.25. The lowest BCUT2D eigenvalue weighted by Crippen LogP contribution is -1.77. The lowest BCUT2D eigenvalue weighted by atomic mass is 10.0. The summed E-state index contributed by atoms with van der Waals surface area (Å²) in [5, 5.41) is 0.779. The summed E-state index contributed by atoms with van der Waals surface area (Å²) in [6.07, 6.45) is 0. The van der Waals surface area contributed by atoms with Crippen LogP contribution in [0.3, 0.4) is 0 Å². The number of rotatable bonds is 1. The lowest BCUT2D eigenvalue weighted by Gasteiger charge is -2.01. The van der Waals surface area contributed by atoms with Gasteiger partial charge in [-0.15, -0.1) is 0 Å². The van der Waals surface area contributed by atoms with Crippen molar-refractivity contribution in [3.05, 3.63) is 59.1 Å². The van der Waals surface area contributed by atoms with Gasteiger partial charge in [-0.1, -0.05) is 67.4 Å². The molecule has 0 aliphatic carbocycles. The second-order valence-electron chi connectivity index (χ2n) is 3.37. The van der Waals surface area contributed by atoms with Crippen LogP contribution < -0.4 is 0 Å². The fourth-order valence-electron chi connectivity index (χ4n) is 1.39. The van der Waals surface area contributed by atoms with E-state index in [1.807, 2.05) is 38.1 Å². The Bertz CT molecular complexity index is 369. The molecule has 1 heteroatoms. The standard InChI is InChI=1S/C13H11Cl.C2H6/c1-10-2-4-11(5-3-10)12-6-8-13(14)9-7-12;1-2/h2-9H,1H3;1-2H3. The van der Waals surface area contributed by atoms with Crippen LogP contribution in [0.2, 0.25) is 5.02 Å². The van der Waals surface area contributed by atoms with Crippen molar-refractivity contribution >= 4 is 11.6 Å². The van der Waals surface area contributed by atoms with Gasteiger partial charge in [0.1, 0.15) is 0 Å². The number of hydrogen-bond donors (Lipinski definition) is 0. The molecule has 0 atom stereocenters. The maximum atomic E-state index is 5.82. The highest BCUT2D eigenvalue weighted by atomic mass is 35.5. The molecule has 0 saturated carbocycles. The number of hydrogen-bond acceptors (Lipinski definition) is 0. The monoisotopic (exact) mass is 232 g/mol. The minimum absolute atomic E-state index is 0.779. The minimum Gasteiger partial charge on any atom is -0.0843 e. The predicted molar refractivity (Wildman–Crippen MR) is 73.0 cm³/mol. The molecule has 0 aromatic heterocycles. The number of benzene rings is 2. The molecule has 2 rings (SSSR count). The number of halogens is 1. The minimum atomic E-state index is 0.779. The van der Waals surface area contributed by atoms with Crippen molar-refractivity contribution in [2.75, 3.05) is 0 Å². The highest BCUT2D eigenvalue weighted by molar-refractivity contribution is 6.30. The molecule has 0 nitrogen and oxygen atoms in total. The van der Waals surface area contributed by atoms with Gasteiger partial charge in [-0.2, -0.15) is 0 Å². The van der Waals surface area contributed by atoms with Crippen LogP contribution in [0.25, 0.3) is 11.1 Å². The van der Waals surface area contributed by atoms with Crippen LogP contribution in [-0.2, 0) is 0 Å². The van der Waals surface area contributed by atoms with E-state index in [0.29, 0.717) is 0 Å². The van der Waals surface area contributed by atoms with Crippen LogP contribution in [-0.4, -0.2) is 0 Å². The van der Waals surface area contributed by atoms with E-state index in [9.17, 15) is 0 Å². The quantitative estimate of drug-likeness (QED) is 0.623. The Balaban J connectivity index is 0.000000606. The van der Waals surface area contributed by atoms with Crippen molar-refractivity contribution in [3.8, 4) is 11.1 Å². The van der Waals surface area contributed by atoms with Crippen molar-refractivity contribution in [1.82, 2.24) is 0 Å². The maximum Gasteiger partial charge on any atom is 0.0406 e. The molecule has 0 fully saturated rings. The molecule has 0 radical (unpaired) electrons. The lowest BCUT2D eigenvalue weighted by molar-refractivity contribution is 1.47. The fraction of sp³-hybridized carbons (Fsp3) is 0.200. The summed E-state index contributed by atoms with van der Waals surface area (Å²) in [5.74, 6) is 0. The van der Waals surface area contributed by atoms with E-state index in [4.69, 9.17) is 11.6 Å². The van der Waals surface area contributed by atoms with Crippen molar-refractivity contribution in [2.24, 2.45) is 0 Å². The zero-order valence-corrected chi connectivity index (χ0v) is 10.8. The Labute approximate surface area is 103 Å². The summed E-state index contributed by atoms with van der Waals surface area (Å²) in [5.41, 5.74) is 3.71. The van der Waals surface area contributed by atoms with E-state index >= 15 is 0 Å². The summed E-state index contributed by atoms with van der Waals surface area (Å²) >= 11 is 5.82. The Morgan fingerprint density at radius 1 is 0.688 bits per heavy atom. The van der Waals surface area contributed by atoms with Gasteiger partial charge in [0.2, 0.25) is 0 Å². The van der Waals surface area contributed by atoms with E-state index in [1.165, 1.54) is 16.7 Å². The van der Waals surface area contributed by atoms with Crippen molar-refractivity contribution in [3.63, 3.8) is 0 Å². The predicted octanol–water partition coefficient (Wildman–Crippen LogP) is 5.34. The summed E-state index contributed by atoms with van der Waals surface area (Å²) in [7, 11) is 0. The van der Waals surface area contributed by atoms with Gasteiger partial charge in [-0.3, -0.25) is 0 Å². The maximum absolute atomic E-state index is 5.82. The molecule has 0 aliphatic rings. The molecule has 16 heavy (non-hydrogen) atoms. The smallest absolute Gasteiger partial charge is 0.0406 e. The highest BCUT2D eigenvalue weighted by Gasteiger charge is 1.96. The van der Waals surface area contributed by atoms with Crippen LogP contribution in [0, 0.1) is 6.92 Å². The molecule has 0 saturated heterocycles. The fourth-order valence-corrected chi connectivity index (χ4v) is 1.51. The van der Waals surface area contributed by atoms with Crippen LogP contribution in [0.1, 0.15) is 19.4 Å². The molecule has 0 unspecified atom stereocenters. The molecule has 0 aliphatic heterocycles. The first-order valence-electron chi connectivity index (χ1n) is 5.58. The Morgan fingerprint density at radius 2 is 1.06 bits per heavy atom. The molecular formula is C15H17Cl. The molecule has 2 aromatic rings. The summed E-state index contributed by atoms with van der Waals surface area (Å²) in [6.45, 7) is 6.09. The van der Waals surface area contributed by atoms with Crippen LogP contribution in [0.4, 0.5) is 0 Å². The third-order valence-corrected chi connectivity index (χ3v) is 2.48. The second kappa shape index (κ2) is 6.34. The van der Waals surface area contributed by atoms with Crippen molar-refractivity contribution < 1.29 is 0 Å². The summed E-state index contributed by atoms with van der Waals surface area (Å²) < 4.78 is 0. The van der Waals surface area contributed by atoms with Gasteiger partial charge >= 0.3 is 0 Å². The Morgan fingerprint density at radius 3 is 1.50 bits per heavy atom. The summed E-state index contributed by atoms with van der Waals surface area (Å²) in [6, 6.07) is 16.4. The highest BCUT2D eigenvalue weighted by Crippen LogP contribution is 2.21. The van der Waals surface area contributed by atoms with Gasteiger partial charge < -0.3 is 0 Å². The van der Waals surface area contributed by atoms with E-state index in [-0.39, 0.29) is 0 Å². The zero-order chi connectivity index (χ0) is 12.0. The van der Waals surface area contributed by atoms with Crippen LogP contribution in [0.15, 0.2) is 48.5 Å². The first-order chi connectivity index (χ1) is 7.75. The summed E-state index contributed by atoms with van der Waals surface area (Å²) in [4.78, 5) is 0. The van der Waals surface area contributed by atoms with Gasteiger partial charge in [0.15, 0.2) is 0 Å². The van der Waals surface area contributed by atoms with E-state index < -0.39 is 0 Å². The molecule has 2 aromatic carbocycles. The van der Waals surface area contributed by atoms with E-state index in [1.54, 1.807) is 0 Å². The average molecular weight is 233 g/mol. The molecule has 0 bridgehead atoms.